The van der Waals surface area contributed by atoms with E-state index in [1.165, 1.54) is 5.56 Å². The monoisotopic (exact) mass is 484 g/mol. The number of rotatable bonds is 7. The molecule has 1 N–H and O–H groups in total. The van der Waals surface area contributed by atoms with E-state index in [1.807, 2.05) is 53.4 Å². The third-order valence-corrected chi connectivity index (χ3v) is 6.91. The van der Waals surface area contributed by atoms with Crippen LogP contribution in [-0.2, 0) is 16.0 Å². The first-order valence-electron chi connectivity index (χ1n) is 12.6. The normalized spacial score (nSPS) is 19.0. The lowest BCUT2D eigenvalue weighted by Gasteiger charge is -2.38. The molecule has 2 atom stereocenters. The average molecular weight is 485 g/mol. The van der Waals surface area contributed by atoms with Crippen LogP contribution in [0.4, 0.5) is 0 Å². The summed E-state index contributed by atoms with van der Waals surface area (Å²) in [4.78, 5) is 27.9. The Morgan fingerprint density at radius 2 is 1.92 bits per heavy atom. The first-order chi connectivity index (χ1) is 17.6. The van der Waals surface area contributed by atoms with Gasteiger partial charge in [0.2, 0.25) is 0 Å². The Balaban J connectivity index is 1.38. The molecule has 5 rings (SSSR count). The largest absolute Gasteiger partial charge is 0.484 e. The summed E-state index contributed by atoms with van der Waals surface area (Å²) in [5, 5.41) is 2.90. The molecule has 6 nitrogen and oxygen atoms in total. The molecule has 0 unspecified atom stereocenters. The predicted octanol–water partition coefficient (Wildman–Crippen LogP) is 4.46. The first kappa shape index (κ1) is 24.1. The van der Waals surface area contributed by atoms with Crippen molar-refractivity contribution in [3.8, 4) is 5.75 Å². The molecule has 3 aromatic carbocycles. The highest BCUT2D eigenvalue weighted by Crippen LogP contribution is 2.38. The van der Waals surface area contributed by atoms with Gasteiger partial charge in [-0.2, -0.15) is 0 Å². The van der Waals surface area contributed by atoms with Gasteiger partial charge in [-0.3, -0.25) is 9.59 Å². The van der Waals surface area contributed by atoms with E-state index in [2.05, 4.69) is 36.5 Å². The Kier molecular flexibility index (Phi) is 7.33. The van der Waals surface area contributed by atoms with Crippen LogP contribution in [0.2, 0.25) is 0 Å². The van der Waals surface area contributed by atoms with Crippen molar-refractivity contribution in [1.82, 2.24) is 10.2 Å². The summed E-state index contributed by atoms with van der Waals surface area (Å²) in [6.45, 7) is 3.90. The van der Waals surface area contributed by atoms with Gasteiger partial charge in [0.25, 0.3) is 11.8 Å². The Bertz CT molecular complexity index is 1220. The molecule has 186 valence electrons. The molecular weight excluding hydrogens is 452 g/mol. The van der Waals surface area contributed by atoms with Gasteiger partial charge in [0.15, 0.2) is 6.61 Å². The SMILES string of the molecule is Cc1cccc([C@@H]2c3cc(OCC(=O)NC[C@H]4CCCO4)ccc3CCN2C(=O)c2ccccc2)c1. The van der Waals surface area contributed by atoms with Crippen LogP contribution in [0.25, 0.3) is 0 Å². The van der Waals surface area contributed by atoms with Crippen LogP contribution < -0.4 is 10.1 Å². The highest BCUT2D eigenvalue weighted by molar-refractivity contribution is 5.95. The quantitative estimate of drug-likeness (QED) is 0.538. The van der Waals surface area contributed by atoms with Crippen LogP contribution in [0.3, 0.4) is 0 Å². The van der Waals surface area contributed by atoms with Crippen LogP contribution in [0.5, 0.6) is 5.75 Å². The Morgan fingerprint density at radius 3 is 2.69 bits per heavy atom. The van der Waals surface area contributed by atoms with E-state index >= 15 is 0 Å². The Labute approximate surface area is 212 Å². The number of ether oxygens (including phenoxy) is 2. The molecule has 0 bridgehead atoms. The van der Waals surface area contributed by atoms with E-state index in [0.29, 0.717) is 24.4 Å². The van der Waals surface area contributed by atoms with Gasteiger partial charge in [0.1, 0.15) is 5.75 Å². The minimum absolute atomic E-state index is 0.00702. The molecule has 1 fully saturated rings. The number of hydrogen-bond donors (Lipinski definition) is 1. The fourth-order valence-corrected chi connectivity index (χ4v) is 5.08. The third kappa shape index (κ3) is 5.44. The number of benzene rings is 3. The van der Waals surface area contributed by atoms with Gasteiger partial charge in [-0.25, -0.2) is 0 Å². The van der Waals surface area contributed by atoms with Gasteiger partial charge in [-0.15, -0.1) is 0 Å². The zero-order valence-corrected chi connectivity index (χ0v) is 20.6. The van der Waals surface area contributed by atoms with Crippen molar-refractivity contribution in [2.24, 2.45) is 0 Å². The number of nitrogens with zero attached hydrogens (tertiary/aromatic N) is 1. The second kappa shape index (κ2) is 11.0. The molecule has 0 spiro atoms. The number of amides is 2. The van der Waals surface area contributed by atoms with E-state index in [-0.39, 0.29) is 30.6 Å². The summed E-state index contributed by atoms with van der Waals surface area (Å²) in [6.07, 6.45) is 2.88. The lowest BCUT2D eigenvalue weighted by Crippen LogP contribution is -2.40. The molecule has 2 aliphatic rings. The summed E-state index contributed by atoms with van der Waals surface area (Å²) in [7, 11) is 0. The molecule has 1 saturated heterocycles. The predicted molar refractivity (Wildman–Crippen MR) is 138 cm³/mol. The van der Waals surface area contributed by atoms with Crippen molar-refractivity contribution >= 4 is 11.8 Å². The number of carbonyl (C=O) groups is 2. The lowest BCUT2D eigenvalue weighted by molar-refractivity contribution is -0.123. The highest BCUT2D eigenvalue weighted by Gasteiger charge is 2.33. The van der Waals surface area contributed by atoms with Crippen molar-refractivity contribution in [2.45, 2.75) is 38.3 Å². The summed E-state index contributed by atoms with van der Waals surface area (Å²) < 4.78 is 11.4. The summed E-state index contributed by atoms with van der Waals surface area (Å²) in [5.74, 6) is 0.458. The van der Waals surface area contributed by atoms with Crippen LogP contribution in [0.1, 0.15) is 51.5 Å². The number of fused-ring (bicyclic) bond motifs is 1. The molecule has 3 aromatic rings. The standard InChI is InChI=1S/C30H32N2O4/c1-21-7-5-10-24(17-21)29-27-18-25(36-20-28(33)31-19-26-11-6-16-35-26)13-12-22(27)14-15-32(29)30(34)23-8-3-2-4-9-23/h2-5,7-10,12-13,17-18,26,29H,6,11,14-16,19-20H2,1H3,(H,31,33)/t26-,29-/m1/s1. The van der Waals surface area contributed by atoms with Gasteiger partial charge < -0.3 is 19.7 Å². The molecule has 2 heterocycles. The first-order valence-corrected chi connectivity index (χ1v) is 12.6. The topological polar surface area (TPSA) is 67.9 Å². The van der Waals surface area contributed by atoms with E-state index in [9.17, 15) is 9.59 Å². The summed E-state index contributed by atoms with van der Waals surface area (Å²) >= 11 is 0. The molecule has 0 aliphatic carbocycles. The van der Waals surface area contributed by atoms with Crippen molar-refractivity contribution < 1.29 is 19.1 Å². The lowest BCUT2D eigenvalue weighted by atomic mass is 9.87. The molecule has 0 aromatic heterocycles. The molecule has 2 aliphatic heterocycles. The van der Waals surface area contributed by atoms with Crippen LogP contribution >= 0.6 is 0 Å². The van der Waals surface area contributed by atoms with Gasteiger partial charge in [-0.05, 0) is 67.1 Å². The van der Waals surface area contributed by atoms with Gasteiger partial charge in [0, 0.05) is 25.3 Å². The Morgan fingerprint density at radius 1 is 1.06 bits per heavy atom. The van der Waals surface area contributed by atoms with Crippen molar-refractivity contribution in [3.05, 3.63) is 101 Å². The van der Waals surface area contributed by atoms with E-state index < -0.39 is 0 Å². The van der Waals surface area contributed by atoms with E-state index in [0.717, 1.165) is 42.6 Å². The Hall–Kier alpha value is -3.64. The van der Waals surface area contributed by atoms with Gasteiger partial charge >= 0.3 is 0 Å². The number of aryl methyl sites for hydroxylation is 1. The van der Waals surface area contributed by atoms with Crippen molar-refractivity contribution in [2.75, 3.05) is 26.3 Å². The minimum Gasteiger partial charge on any atom is -0.484 e. The number of nitrogens with one attached hydrogen (secondary N) is 1. The summed E-state index contributed by atoms with van der Waals surface area (Å²) in [6, 6.07) is 23.4. The average Bonchev–Trinajstić information content (AvgIpc) is 3.44. The second-order valence-electron chi connectivity index (χ2n) is 9.52. The van der Waals surface area contributed by atoms with Crippen LogP contribution in [0, 0.1) is 6.92 Å². The third-order valence-electron chi connectivity index (χ3n) is 6.91. The fraction of sp³-hybridized carbons (Fsp3) is 0.333. The summed E-state index contributed by atoms with van der Waals surface area (Å²) in [5.41, 5.74) is 5.10. The minimum atomic E-state index is -0.238. The van der Waals surface area contributed by atoms with Crippen LogP contribution in [0.15, 0.2) is 72.8 Å². The molecule has 6 heteroatoms. The van der Waals surface area contributed by atoms with Gasteiger partial charge in [0.05, 0.1) is 12.1 Å². The van der Waals surface area contributed by atoms with E-state index in [1.54, 1.807) is 0 Å². The molecular formula is C30H32N2O4. The zero-order valence-electron chi connectivity index (χ0n) is 20.6. The zero-order chi connectivity index (χ0) is 24.9. The van der Waals surface area contributed by atoms with Crippen molar-refractivity contribution in [1.29, 1.82) is 0 Å². The smallest absolute Gasteiger partial charge is 0.258 e. The maximum Gasteiger partial charge on any atom is 0.258 e. The maximum atomic E-state index is 13.6. The number of hydrogen-bond acceptors (Lipinski definition) is 4. The van der Waals surface area contributed by atoms with Gasteiger partial charge in [-0.1, -0.05) is 54.1 Å². The van der Waals surface area contributed by atoms with Crippen molar-refractivity contribution in [3.63, 3.8) is 0 Å². The molecule has 0 saturated carbocycles. The van der Waals surface area contributed by atoms with Crippen LogP contribution in [-0.4, -0.2) is 49.1 Å². The van der Waals surface area contributed by atoms with E-state index in [4.69, 9.17) is 9.47 Å². The fourth-order valence-electron chi connectivity index (χ4n) is 5.08. The molecule has 2 amide bonds. The maximum absolute atomic E-state index is 13.6. The highest BCUT2D eigenvalue weighted by atomic mass is 16.5. The second-order valence-corrected chi connectivity index (χ2v) is 9.52. The molecule has 36 heavy (non-hydrogen) atoms. The molecule has 0 radical (unpaired) electrons. The number of carbonyl (C=O) groups excluding carboxylic acids is 2.